The smallest absolute Gasteiger partial charge is 0.410 e. The summed E-state index contributed by atoms with van der Waals surface area (Å²) in [5.41, 5.74) is 6.29. The summed E-state index contributed by atoms with van der Waals surface area (Å²) in [6.45, 7) is 12.5. The second-order valence-corrected chi connectivity index (χ2v) is 10.6. The number of hydrogen-bond donors (Lipinski definition) is 3. The lowest BCUT2D eigenvalue weighted by molar-refractivity contribution is -0.131. The third-order valence-electron chi connectivity index (χ3n) is 5.17. The van der Waals surface area contributed by atoms with Crippen molar-refractivity contribution < 1.29 is 19.4 Å². The average Bonchev–Trinajstić information content (AvgIpc) is 2.66. The molecular formula is C24H40N4O4. The van der Waals surface area contributed by atoms with Crippen molar-refractivity contribution in [2.24, 2.45) is 5.73 Å². The van der Waals surface area contributed by atoms with Gasteiger partial charge >= 0.3 is 6.09 Å². The highest BCUT2D eigenvalue weighted by atomic mass is 16.6. The lowest BCUT2D eigenvalue weighted by Crippen LogP contribution is -2.63. The van der Waals surface area contributed by atoms with E-state index in [2.05, 4.69) is 5.32 Å². The van der Waals surface area contributed by atoms with Crippen molar-refractivity contribution in [2.45, 2.75) is 77.3 Å². The number of rotatable bonds is 6. The molecule has 0 bridgehead atoms. The van der Waals surface area contributed by atoms with E-state index in [-0.39, 0.29) is 19.0 Å². The third kappa shape index (κ3) is 8.41. The van der Waals surface area contributed by atoms with Crippen molar-refractivity contribution >= 4 is 12.0 Å². The molecule has 0 unspecified atom stereocenters. The van der Waals surface area contributed by atoms with Gasteiger partial charge in [-0.25, -0.2) is 4.79 Å². The number of carbonyl (C=O) groups is 2. The molecule has 4 N–H and O–H groups in total. The first-order valence-electron chi connectivity index (χ1n) is 11.3. The number of nitrogens with zero attached hydrogens (tertiary/aromatic N) is 2. The number of piperazine rings is 1. The minimum absolute atomic E-state index is 0.186. The number of nitrogens with one attached hydrogen (secondary N) is 1. The van der Waals surface area contributed by atoms with Crippen LogP contribution in [0.25, 0.3) is 0 Å². The zero-order chi connectivity index (χ0) is 24.1. The number of ether oxygens (including phenoxy) is 1. The summed E-state index contributed by atoms with van der Waals surface area (Å²) in [6.07, 6.45) is -0.709. The molecule has 1 aromatic carbocycles. The number of hydrogen-bond acceptors (Lipinski definition) is 6. The molecule has 0 aliphatic carbocycles. The molecular weight excluding hydrogens is 408 g/mol. The Morgan fingerprint density at radius 2 is 1.78 bits per heavy atom. The highest BCUT2D eigenvalue weighted by Gasteiger charge is 2.38. The van der Waals surface area contributed by atoms with Gasteiger partial charge in [0, 0.05) is 37.8 Å². The number of carbonyl (C=O) groups excluding carboxylic acids is 2. The van der Waals surface area contributed by atoms with Crippen LogP contribution in [0.2, 0.25) is 0 Å². The SMILES string of the molecule is CC(C)(C)NC(=O)[C@H]1CN(C(=O)OC(C)(C)C)CCN1C[C@@H](O)[C@@H](N)Cc1ccccc1. The van der Waals surface area contributed by atoms with Crippen LogP contribution >= 0.6 is 0 Å². The van der Waals surface area contributed by atoms with Gasteiger partial charge in [-0.1, -0.05) is 30.3 Å². The topological polar surface area (TPSA) is 108 Å². The number of aliphatic hydroxyl groups excluding tert-OH is 1. The largest absolute Gasteiger partial charge is 0.444 e. The molecule has 32 heavy (non-hydrogen) atoms. The minimum Gasteiger partial charge on any atom is -0.444 e. The van der Waals surface area contributed by atoms with Gasteiger partial charge < -0.3 is 25.8 Å². The zero-order valence-corrected chi connectivity index (χ0v) is 20.3. The van der Waals surface area contributed by atoms with Crippen molar-refractivity contribution in [3.8, 4) is 0 Å². The van der Waals surface area contributed by atoms with Gasteiger partial charge in [0.1, 0.15) is 11.6 Å². The van der Waals surface area contributed by atoms with E-state index in [4.69, 9.17) is 10.5 Å². The number of benzene rings is 1. The minimum atomic E-state index is -0.812. The Kier molecular flexibility index (Phi) is 8.67. The maximum atomic E-state index is 13.1. The first kappa shape index (κ1) is 26.1. The number of nitrogens with two attached hydrogens (primary N) is 1. The Morgan fingerprint density at radius 1 is 1.16 bits per heavy atom. The Balaban J connectivity index is 2.09. The van der Waals surface area contributed by atoms with Crippen molar-refractivity contribution in [3.63, 3.8) is 0 Å². The molecule has 0 spiro atoms. The zero-order valence-electron chi connectivity index (χ0n) is 20.3. The van der Waals surface area contributed by atoms with E-state index in [1.54, 1.807) is 4.90 Å². The fourth-order valence-electron chi connectivity index (χ4n) is 3.63. The molecule has 1 aromatic rings. The monoisotopic (exact) mass is 448 g/mol. The van der Waals surface area contributed by atoms with E-state index in [1.165, 1.54) is 0 Å². The van der Waals surface area contributed by atoms with Crippen LogP contribution in [0.4, 0.5) is 4.79 Å². The molecule has 1 fully saturated rings. The normalized spacial score (nSPS) is 19.9. The Bertz CT molecular complexity index is 758. The lowest BCUT2D eigenvalue weighted by atomic mass is 10.0. The molecule has 1 saturated heterocycles. The molecule has 2 amide bonds. The van der Waals surface area contributed by atoms with E-state index in [0.717, 1.165) is 5.56 Å². The van der Waals surface area contributed by atoms with Crippen molar-refractivity contribution in [3.05, 3.63) is 35.9 Å². The predicted octanol–water partition coefficient (Wildman–Crippen LogP) is 1.75. The molecule has 0 radical (unpaired) electrons. The van der Waals surface area contributed by atoms with Gasteiger partial charge in [0.15, 0.2) is 0 Å². The maximum Gasteiger partial charge on any atom is 0.410 e. The molecule has 1 aliphatic heterocycles. The summed E-state index contributed by atoms with van der Waals surface area (Å²) < 4.78 is 5.49. The van der Waals surface area contributed by atoms with Crippen molar-refractivity contribution in [2.75, 3.05) is 26.2 Å². The van der Waals surface area contributed by atoms with Gasteiger partial charge in [-0.05, 0) is 53.5 Å². The highest BCUT2D eigenvalue weighted by molar-refractivity contribution is 5.83. The van der Waals surface area contributed by atoms with Crippen molar-refractivity contribution in [1.29, 1.82) is 0 Å². The molecule has 3 atom stereocenters. The number of β-amino-alcohol motifs (C(OH)–C–C–N with tert-alkyl or cyclic N) is 1. The Hall–Kier alpha value is -2.16. The van der Waals surface area contributed by atoms with Gasteiger partial charge in [0.05, 0.1) is 6.10 Å². The van der Waals surface area contributed by atoms with E-state index in [1.807, 2.05) is 76.8 Å². The highest BCUT2D eigenvalue weighted by Crippen LogP contribution is 2.17. The van der Waals surface area contributed by atoms with Crippen LogP contribution in [0.15, 0.2) is 30.3 Å². The first-order chi connectivity index (χ1) is 14.7. The van der Waals surface area contributed by atoms with E-state index >= 15 is 0 Å². The third-order valence-corrected chi connectivity index (χ3v) is 5.17. The second kappa shape index (κ2) is 10.6. The Morgan fingerprint density at radius 3 is 2.34 bits per heavy atom. The molecule has 180 valence electrons. The first-order valence-corrected chi connectivity index (χ1v) is 11.3. The van der Waals surface area contributed by atoms with Crippen LogP contribution < -0.4 is 11.1 Å². The van der Waals surface area contributed by atoms with Crippen LogP contribution in [0, 0.1) is 0 Å². The number of amides is 2. The summed E-state index contributed by atoms with van der Waals surface area (Å²) in [4.78, 5) is 29.1. The van der Waals surface area contributed by atoms with Gasteiger partial charge in [-0.2, -0.15) is 0 Å². The summed E-state index contributed by atoms with van der Waals surface area (Å²) in [5, 5.41) is 13.8. The summed E-state index contributed by atoms with van der Waals surface area (Å²) in [7, 11) is 0. The predicted molar refractivity (Wildman–Crippen MR) is 125 cm³/mol. The lowest BCUT2D eigenvalue weighted by Gasteiger charge is -2.42. The quantitative estimate of drug-likeness (QED) is 0.612. The molecule has 1 heterocycles. The standard InChI is InChI=1S/C24H40N4O4/c1-23(2,3)26-21(30)19-15-28(22(31)32-24(4,5)6)13-12-27(19)16-20(29)18(25)14-17-10-8-7-9-11-17/h7-11,18-20,29H,12-16,25H2,1-6H3,(H,26,30)/t18-,19+,20+/m0/s1. The molecule has 0 saturated carbocycles. The van der Waals surface area contributed by atoms with E-state index in [0.29, 0.717) is 19.5 Å². The number of aliphatic hydroxyl groups is 1. The second-order valence-electron chi connectivity index (χ2n) is 10.6. The van der Waals surface area contributed by atoms with Gasteiger partial charge in [0.25, 0.3) is 0 Å². The maximum absolute atomic E-state index is 13.1. The fourth-order valence-corrected chi connectivity index (χ4v) is 3.63. The Labute approximate surface area is 192 Å². The van der Waals surface area contributed by atoms with Crippen LogP contribution in [0.3, 0.4) is 0 Å². The van der Waals surface area contributed by atoms with Gasteiger partial charge in [-0.3, -0.25) is 9.69 Å². The van der Waals surface area contributed by atoms with Gasteiger partial charge in [-0.15, -0.1) is 0 Å². The molecule has 0 aromatic heterocycles. The van der Waals surface area contributed by atoms with Crippen LogP contribution in [-0.4, -0.2) is 82.4 Å². The fraction of sp³-hybridized carbons (Fsp3) is 0.667. The van der Waals surface area contributed by atoms with E-state index in [9.17, 15) is 14.7 Å². The average molecular weight is 449 g/mol. The van der Waals surface area contributed by atoms with Crippen LogP contribution in [0.5, 0.6) is 0 Å². The van der Waals surface area contributed by atoms with Gasteiger partial charge in [0.2, 0.25) is 5.91 Å². The van der Waals surface area contributed by atoms with Crippen LogP contribution in [-0.2, 0) is 16.0 Å². The summed E-state index contributed by atoms with van der Waals surface area (Å²) in [6, 6.07) is 8.71. The molecule has 8 heteroatoms. The molecule has 1 aliphatic rings. The van der Waals surface area contributed by atoms with E-state index < -0.39 is 35.4 Å². The summed E-state index contributed by atoms with van der Waals surface area (Å²) in [5.74, 6) is -0.186. The summed E-state index contributed by atoms with van der Waals surface area (Å²) >= 11 is 0. The molecule has 2 rings (SSSR count). The van der Waals surface area contributed by atoms with Crippen LogP contribution in [0.1, 0.15) is 47.1 Å². The van der Waals surface area contributed by atoms with Crippen molar-refractivity contribution in [1.82, 2.24) is 15.1 Å². The molecule has 8 nitrogen and oxygen atoms in total.